The molecule has 0 aromatic heterocycles. The summed E-state index contributed by atoms with van der Waals surface area (Å²) in [6, 6.07) is 11.0. The molecule has 0 saturated carbocycles. The van der Waals surface area contributed by atoms with Crippen molar-refractivity contribution in [2.75, 3.05) is 4.43 Å². The van der Waals surface area contributed by atoms with Crippen LogP contribution in [0.15, 0.2) is 30.3 Å². The Morgan fingerprint density at radius 2 is 2.14 bits per heavy atom. The average molecular weight is 413 g/mol. The molecule has 1 fully saturated rings. The first-order valence-electron chi connectivity index (χ1n) is 5.01. The second kappa shape index (κ2) is 4.68. The molecule has 0 spiro atoms. The summed E-state index contributed by atoms with van der Waals surface area (Å²) in [5, 5.41) is 0. The quantitative estimate of drug-likeness (QED) is 0.490. The summed E-state index contributed by atoms with van der Waals surface area (Å²) in [5.41, 5.74) is 1.52. The molecule has 0 nitrogen and oxygen atoms in total. The van der Waals surface area contributed by atoms with Gasteiger partial charge in [0.15, 0.2) is 0 Å². The van der Waals surface area contributed by atoms with Gasteiger partial charge in [-0.2, -0.15) is 0 Å². The van der Waals surface area contributed by atoms with Gasteiger partial charge < -0.3 is 0 Å². The molecule has 2 heteroatoms. The van der Waals surface area contributed by atoms with Gasteiger partial charge >= 0.3 is 111 Å². The zero-order chi connectivity index (χ0) is 10.0. The van der Waals surface area contributed by atoms with Gasteiger partial charge in [-0.05, 0) is 0 Å². The van der Waals surface area contributed by atoms with Gasteiger partial charge in [0.1, 0.15) is 0 Å². The molecule has 1 aromatic rings. The van der Waals surface area contributed by atoms with E-state index >= 15 is 0 Å². The Balaban J connectivity index is 2.04. The number of hydrogen-bond donors (Lipinski definition) is 0. The van der Waals surface area contributed by atoms with Gasteiger partial charge in [0.2, 0.25) is 0 Å². The van der Waals surface area contributed by atoms with Crippen molar-refractivity contribution in [3.05, 3.63) is 35.9 Å². The van der Waals surface area contributed by atoms with Crippen LogP contribution in [-0.4, -0.2) is 5.86 Å². The van der Waals surface area contributed by atoms with Crippen LogP contribution in [0.2, 0.25) is 0 Å². The summed E-state index contributed by atoms with van der Waals surface area (Å²) in [4.78, 5) is 0. The third kappa shape index (κ3) is 2.84. The molecule has 1 saturated heterocycles. The van der Waals surface area contributed by atoms with Gasteiger partial charge in [-0.25, -0.2) is 0 Å². The minimum absolute atomic E-state index is 0.413. The minimum atomic E-state index is 0.413. The van der Waals surface area contributed by atoms with Crippen LogP contribution < -0.4 is 21.2 Å². The molecule has 2 atom stereocenters. The zero-order valence-corrected chi connectivity index (χ0v) is 12.7. The fourth-order valence-electron chi connectivity index (χ4n) is 1.90. The van der Waals surface area contributed by atoms with Crippen molar-refractivity contribution in [2.45, 2.75) is 21.2 Å². The van der Waals surface area contributed by atoms with E-state index in [0.29, 0.717) is 22.6 Å². The van der Waals surface area contributed by atoms with E-state index < -0.39 is 0 Å². The van der Waals surface area contributed by atoms with Gasteiger partial charge in [0.05, 0.1) is 0 Å². The van der Waals surface area contributed by atoms with E-state index in [1.807, 2.05) is 0 Å². The Kier molecular flexibility index (Phi) is 3.73. The molecule has 1 heterocycles. The third-order valence-corrected chi connectivity index (χ3v) is 9.42. The standard InChI is InChI=1S/C12H15I2/c1-10-7-12(13,14-9-10)8-11-5-3-2-4-6-11/h2-6,10H,7-9H2,1H3/q-1. The monoisotopic (exact) mass is 413 g/mol. The molecule has 1 aliphatic heterocycles. The Labute approximate surface area is 110 Å². The number of hydrogen-bond acceptors (Lipinski definition) is 0. The van der Waals surface area contributed by atoms with Gasteiger partial charge in [0, 0.05) is 0 Å². The molecule has 0 aliphatic carbocycles. The Bertz CT molecular complexity index is 296. The third-order valence-electron chi connectivity index (χ3n) is 2.53. The van der Waals surface area contributed by atoms with E-state index in [4.69, 9.17) is 0 Å². The van der Waals surface area contributed by atoms with E-state index in [1.54, 1.807) is 0 Å². The second-order valence-electron chi connectivity index (χ2n) is 4.12. The predicted molar refractivity (Wildman–Crippen MR) is 65.5 cm³/mol. The number of benzene rings is 1. The summed E-state index contributed by atoms with van der Waals surface area (Å²) in [6.07, 6.45) is 2.74. The fraction of sp³-hybridized carbons (Fsp3) is 0.500. The molecule has 0 N–H and O–H groups in total. The van der Waals surface area contributed by atoms with E-state index in [2.05, 4.69) is 59.8 Å². The van der Waals surface area contributed by atoms with Crippen LogP contribution in [-0.2, 0) is 6.42 Å². The maximum atomic E-state index is 2.73. The van der Waals surface area contributed by atoms with E-state index in [-0.39, 0.29) is 0 Å². The maximum absolute atomic E-state index is 2.73. The molecule has 0 amide bonds. The van der Waals surface area contributed by atoms with Crippen molar-refractivity contribution in [1.82, 2.24) is 0 Å². The molecule has 1 aromatic carbocycles. The summed E-state index contributed by atoms with van der Waals surface area (Å²) in [6.45, 7) is 2.41. The summed E-state index contributed by atoms with van der Waals surface area (Å²) in [5.74, 6) is 0.975. The summed E-state index contributed by atoms with van der Waals surface area (Å²) >= 11 is 3.15. The molecule has 2 unspecified atom stereocenters. The number of alkyl halides is 3. The molecule has 2 rings (SSSR count). The van der Waals surface area contributed by atoms with Gasteiger partial charge in [-0.1, -0.05) is 0 Å². The SMILES string of the molecule is CC1C[I-]C(I)(Cc2ccccc2)C1. The summed E-state index contributed by atoms with van der Waals surface area (Å²) < 4.78 is 2.17. The first kappa shape index (κ1) is 11.2. The average Bonchev–Trinajstić information content (AvgIpc) is 2.47. The van der Waals surface area contributed by atoms with Crippen molar-refractivity contribution >= 4 is 22.6 Å². The zero-order valence-electron chi connectivity index (χ0n) is 8.34. The van der Waals surface area contributed by atoms with Crippen LogP contribution >= 0.6 is 22.6 Å². The van der Waals surface area contributed by atoms with E-state index in [9.17, 15) is 0 Å². The predicted octanol–water partition coefficient (Wildman–Crippen LogP) is 0.489. The van der Waals surface area contributed by atoms with Crippen LogP contribution in [0.25, 0.3) is 0 Å². The van der Waals surface area contributed by atoms with E-state index in [0.717, 1.165) is 5.92 Å². The molecule has 14 heavy (non-hydrogen) atoms. The second-order valence-corrected chi connectivity index (χ2v) is 12.0. The Hall–Kier alpha value is 0.680. The molecular formula is C12H15I2-. The van der Waals surface area contributed by atoms with Gasteiger partial charge in [-0.3, -0.25) is 0 Å². The number of rotatable bonds is 2. The van der Waals surface area contributed by atoms with Gasteiger partial charge in [0.25, 0.3) is 0 Å². The normalized spacial score (nSPS) is 32.6. The van der Waals surface area contributed by atoms with Crippen molar-refractivity contribution in [3.8, 4) is 0 Å². The molecule has 0 bridgehead atoms. The molecule has 0 radical (unpaired) electrons. The first-order chi connectivity index (χ1) is 6.68. The molecular weight excluding hydrogens is 398 g/mol. The van der Waals surface area contributed by atoms with Crippen molar-refractivity contribution < 1.29 is 21.2 Å². The molecule has 78 valence electrons. The Morgan fingerprint density at radius 3 is 2.71 bits per heavy atom. The van der Waals surface area contributed by atoms with Gasteiger partial charge in [-0.15, -0.1) is 0 Å². The van der Waals surface area contributed by atoms with Crippen LogP contribution in [0, 0.1) is 5.92 Å². The first-order valence-corrected chi connectivity index (χ1v) is 8.69. The molecule has 1 aliphatic rings. The van der Waals surface area contributed by atoms with Crippen LogP contribution in [0.5, 0.6) is 0 Å². The number of halogens is 2. The van der Waals surface area contributed by atoms with Crippen LogP contribution in [0.4, 0.5) is 0 Å². The fourth-order valence-corrected chi connectivity index (χ4v) is 7.84. The van der Waals surface area contributed by atoms with Crippen LogP contribution in [0.1, 0.15) is 18.9 Å². The Morgan fingerprint density at radius 1 is 1.43 bits per heavy atom. The van der Waals surface area contributed by atoms with E-state index in [1.165, 1.54) is 22.8 Å². The topological polar surface area (TPSA) is 0 Å². The van der Waals surface area contributed by atoms with Crippen molar-refractivity contribution in [3.63, 3.8) is 0 Å². The van der Waals surface area contributed by atoms with Crippen molar-refractivity contribution in [1.29, 1.82) is 0 Å². The van der Waals surface area contributed by atoms with Crippen LogP contribution in [0.3, 0.4) is 0 Å². The summed E-state index contributed by atoms with van der Waals surface area (Å²) in [7, 11) is 0. The van der Waals surface area contributed by atoms with Crippen molar-refractivity contribution in [2.24, 2.45) is 5.92 Å².